The Balaban J connectivity index is 2.66. The van der Waals surface area contributed by atoms with Gasteiger partial charge >= 0.3 is 0 Å². The molecule has 0 bridgehead atoms. The van der Waals surface area contributed by atoms with Crippen molar-refractivity contribution in [1.82, 2.24) is 0 Å². The number of carboxylic acid groups (broad SMARTS) is 2. The number of hydrogen-bond donors (Lipinski definition) is 1. The molecule has 1 aromatic carbocycles. The molecule has 114 valence electrons. The van der Waals surface area contributed by atoms with Crippen molar-refractivity contribution in [2.45, 2.75) is 26.7 Å². The quantitative estimate of drug-likeness (QED) is 0.747. The van der Waals surface area contributed by atoms with Crippen molar-refractivity contribution in [2.24, 2.45) is 11.8 Å². The highest BCUT2D eigenvalue weighted by Crippen LogP contribution is 2.18. The number of carboxylic acids is 2. The van der Waals surface area contributed by atoms with Gasteiger partial charge in [-0.2, -0.15) is 0 Å². The second-order valence-electron chi connectivity index (χ2n) is 5.09. The molecule has 0 saturated carbocycles. The zero-order valence-corrected chi connectivity index (χ0v) is 11.9. The molecule has 1 N–H and O–H groups in total. The number of anilines is 1. The molecule has 0 aliphatic heterocycles. The minimum Gasteiger partial charge on any atom is -0.550 e. The molecule has 0 radical (unpaired) electrons. The highest BCUT2D eigenvalue weighted by molar-refractivity contribution is 5.99. The third kappa shape index (κ3) is 4.91. The van der Waals surface area contributed by atoms with Crippen LogP contribution >= 0.6 is 0 Å². The van der Waals surface area contributed by atoms with E-state index in [1.165, 1.54) is 18.2 Å². The van der Waals surface area contributed by atoms with Crippen LogP contribution in [0.4, 0.5) is 5.69 Å². The van der Waals surface area contributed by atoms with Crippen LogP contribution in [0.25, 0.3) is 0 Å². The molecule has 0 heterocycles. The molecule has 0 aromatic heterocycles. The number of benzene rings is 1. The maximum absolute atomic E-state index is 11.8. The van der Waals surface area contributed by atoms with Crippen molar-refractivity contribution in [1.29, 1.82) is 0 Å². The number of amides is 1. The molecule has 1 atom stereocenters. The van der Waals surface area contributed by atoms with E-state index >= 15 is 0 Å². The smallest absolute Gasteiger partial charge is 0.224 e. The summed E-state index contributed by atoms with van der Waals surface area (Å²) in [6.07, 6.45) is 0.109. The van der Waals surface area contributed by atoms with Crippen LogP contribution < -0.4 is 15.5 Å². The normalized spacial score (nSPS) is 12.0. The minimum atomic E-state index is -1.39. The lowest BCUT2D eigenvalue weighted by Gasteiger charge is -2.21. The summed E-state index contributed by atoms with van der Waals surface area (Å²) in [6.45, 7) is 3.48. The van der Waals surface area contributed by atoms with Gasteiger partial charge in [-0.1, -0.05) is 32.0 Å². The largest absolute Gasteiger partial charge is 0.550 e. The SMILES string of the molecule is CC(C)[C@@H](CCC(=O)Nc1ccccc1C(=O)[O-])C(=O)[O-]. The van der Waals surface area contributed by atoms with Crippen molar-refractivity contribution in [3.63, 3.8) is 0 Å². The fourth-order valence-corrected chi connectivity index (χ4v) is 1.99. The molecular weight excluding hydrogens is 274 g/mol. The van der Waals surface area contributed by atoms with E-state index in [4.69, 9.17) is 0 Å². The second-order valence-corrected chi connectivity index (χ2v) is 5.09. The highest BCUT2D eigenvalue weighted by atomic mass is 16.4. The number of rotatable bonds is 7. The molecule has 0 spiro atoms. The summed E-state index contributed by atoms with van der Waals surface area (Å²) in [6, 6.07) is 5.87. The molecule has 0 aliphatic carbocycles. The second kappa shape index (κ2) is 7.42. The first kappa shape index (κ1) is 16.7. The van der Waals surface area contributed by atoms with E-state index in [1.807, 2.05) is 0 Å². The summed E-state index contributed by atoms with van der Waals surface area (Å²) >= 11 is 0. The van der Waals surface area contributed by atoms with Crippen LogP contribution in [-0.4, -0.2) is 17.8 Å². The van der Waals surface area contributed by atoms with E-state index in [9.17, 15) is 24.6 Å². The summed E-state index contributed by atoms with van der Waals surface area (Å²) in [5.41, 5.74) is 0.0169. The number of carbonyl (C=O) groups excluding carboxylic acids is 3. The molecule has 1 amide bonds. The van der Waals surface area contributed by atoms with Gasteiger partial charge in [-0.3, -0.25) is 4.79 Å². The number of aliphatic carboxylic acids is 1. The lowest BCUT2D eigenvalue weighted by Crippen LogP contribution is -2.35. The zero-order valence-electron chi connectivity index (χ0n) is 11.9. The van der Waals surface area contributed by atoms with Crippen LogP contribution in [0.15, 0.2) is 24.3 Å². The zero-order chi connectivity index (χ0) is 16.0. The van der Waals surface area contributed by atoms with Gasteiger partial charge < -0.3 is 25.1 Å². The lowest BCUT2D eigenvalue weighted by molar-refractivity contribution is -0.313. The van der Waals surface area contributed by atoms with E-state index in [0.29, 0.717) is 0 Å². The lowest BCUT2D eigenvalue weighted by atomic mass is 9.91. The predicted molar refractivity (Wildman–Crippen MR) is 72.0 cm³/mol. The number of hydrogen-bond acceptors (Lipinski definition) is 5. The van der Waals surface area contributed by atoms with Gasteiger partial charge in [-0.25, -0.2) is 0 Å². The minimum absolute atomic E-state index is 0.0296. The molecule has 1 aromatic rings. The van der Waals surface area contributed by atoms with Gasteiger partial charge in [0.1, 0.15) is 0 Å². The van der Waals surface area contributed by atoms with E-state index in [2.05, 4.69) is 5.32 Å². The van der Waals surface area contributed by atoms with Crippen LogP contribution in [0, 0.1) is 11.8 Å². The van der Waals surface area contributed by atoms with Gasteiger partial charge in [0.2, 0.25) is 5.91 Å². The summed E-state index contributed by atoms with van der Waals surface area (Å²) in [4.78, 5) is 33.6. The van der Waals surface area contributed by atoms with E-state index < -0.39 is 23.8 Å². The molecular formula is C15H17NO5-2. The third-order valence-corrected chi connectivity index (χ3v) is 3.21. The van der Waals surface area contributed by atoms with E-state index in [1.54, 1.807) is 19.9 Å². The van der Waals surface area contributed by atoms with Crippen LogP contribution in [0.5, 0.6) is 0 Å². The Labute approximate surface area is 122 Å². The summed E-state index contributed by atoms with van der Waals surface area (Å²) in [5.74, 6) is -3.88. The van der Waals surface area contributed by atoms with Gasteiger partial charge in [-0.05, 0) is 18.4 Å². The number of carbonyl (C=O) groups is 3. The number of nitrogens with one attached hydrogen (secondary N) is 1. The highest BCUT2D eigenvalue weighted by Gasteiger charge is 2.16. The third-order valence-electron chi connectivity index (χ3n) is 3.21. The van der Waals surface area contributed by atoms with Crippen LogP contribution in [0.3, 0.4) is 0 Å². The fraction of sp³-hybridized carbons (Fsp3) is 0.400. The number of para-hydroxylation sites is 1. The van der Waals surface area contributed by atoms with E-state index in [-0.39, 0.29) is 30.0 Å². The topological polar surface area (TPSA) is 109 Å². The van der Waals surface area contributed by atoms with Crippen molar-refractivity contribution in [2.75, 3.05) is 5.32 Å². The Morgan fingerprint density at radius 3 is 2.29 bits per heavy atom. The monoisotopic (exact) mass is 291 g/mol. The Bertz CT molecular complexity index is 539. The number of aromatic carboxylic acids is 1. The van der Waals surface area contributed by atoms with Crippen molar-refractivity contribution in [3.8, 4) is 0 Å². The first-order valence-corrected chi connectivity index (χ1v) is 6.64. The summed E-state index contributed by atoms with van der Waals surface area (Å²) in [7, 11) is 0. The predicted octanol–water partition coefficient (Wildman–Crippen LogP) is -0.209. The Kier molecular flexibility index (Phi) is 5.90. The van der Waals surface area contributed by atoms with Crippen molar-refractivity contribution < 1.29 is 24.6 Å². The van der Waals surface area contributed by atoms with Crippen molar-refractivity contribution in [3.05, 3.63) is 29.8 Å². The molecule has 1 rings (SSSR count). The Morgan fingerprint density at radius 2 is 1.76 bits per heavy atom. The standard InChI is InChI=1S/C15H19NO5/c1-9(2)10(14(18)19)7-8-13(17)16-12-6-4-3-5-11(12)15(20)21/h3-6,9-10H,7-8H2,1-2H3,(H,16,17)(H,18,19)(H,20,21)/p-2/t10-/m1/s1. The van der Waals surface area contributed by atoms with Gasteiger partial charge in [0.05, 0.1) is 5.97 Å². The average Bonchev–Trinajstić information content (AvgIpc) is 2.38. The van der Waals surface area contributed by atoms with Crippen LogP contribution in [0.1, 0.15) is 37.0 Å². The maximum atomic E-state index is 11.8. The molecule has 0 unspecified atom stereocenters. The van der Waals surface area contributed by atoms with E-state index in [0.717, 1.165) is 0 Å². The van der Waals surface area contributed by atoms with Gasteiger partial charge in [0.25, 0.3) is 0 Å². The van der Waals surface area contributed by atoms with Crippen LogP contribution in [-0.2, 0) is 9.59 Å². The van der Waals surface area contributed by atoms with Gasteiger partial charge in [-0.15, -0.1) is 0 Å². The molecule has 6 heteroatoms. The molecule has 21 heavy (non-hydrogen) atoms. The van der Waals surface area contributed by atoms with Crippen LogP contribution in [0.2, 0.25) is 0 Å². The molecule has 0 aliphatic rings. The van der Waals surface area contributed by atoms with Crippen molar-refractivity contribution >= 4 is 23.5 Å². The summed E-state index contributed by atoms with van der Waals surface area (Å²) < 4.78 is 0. The maximum Gasteiger partial charge on any atom is 0.224 e. The van der Waals surface area contributed by atoms with Gasteiger partial charge in [0.15, 0.2) is 0 Å². The molecule has 0 saturated heterocycles. The van der Waals surface area contributed by atoms with Gasteiger partial charge in [0, 0.05) is 29.6 Å². The summed E-state index contributed by atoms with van der Waals surface area (Å²) in [5, 5.41) is 24.3. The first-order chi connectivity index (χ1) is 9.82. The average molecular weight is 291 g/mol. The Hall–Kier alpha value is -2.37. The fourth-order valence-electron chi connectivity index (χ4n) is 1.99. The molecule has 6 nitrogen and oxygen atoms in total. The Morgan fingerprint density at radius 1 is 1.14 bits per heavy atom. The molecule has 0 fully saturated rings. The first-order valence-electron chi connectivity index (χ1n) is 6.64.